The van der Waals surface area contributed by atoms with Gasteiger partial charge in [-0.15, -0.1) is 0 Å². The second kappa shape index (κ2) is 5.18. The molecule has 0 saturated carbocycles. The third-order valence-corrected chi connectivity index (χ3v) is 3.00. The normalized spacial score (nSPS) is 10.5. The van der Waals surface area contributed by atoms with E-state index >= 15 is 0 Å². The van der Waals surface area contributed by atoms with Crippen molar-refractivity contribution in [1.82, 2.24) is 14.8 Å². The largest absolute Gasteiger partial charge is 0.396 e. The van der Waals surface area contributed by atoms with Crippen molar-refractivity contribution in [3.05, 3.63) is 34.8 Å². The molecule has 0 saturated heterocycles. The first kappa shape index (κ1) is 11.9. The molecular formula is C11H14BrN5. The number of pyridine rings is 1. The predicted octanol–water partition coefficient (Wildman–Crippen LogP) is 1.81. The van der Waals surface area contributed by atoms with E-state index in [9.17, 15) is 0 Å². The highest BCUT2D eigenvalue weighted by molar-refractivity contribution is 9.10. The van der Waals surface area contributed by atoms with Crippen LogP contribution >= 0.6 is 15.9 Å². The second-order valence-corrected chi connectivity index (χ2v) is 4.64. The topological polar surface area (TPSA) is 68.8 Å². The molecule has 0 aliphatic carbocycles. The van der Waals surface area contributed by atoms with Crippen LogP contribution in [-0.4, -0.2) is 21.3 Å². The Hall–Kier alpha value is -1.56. The average Bonchev–Trinajstić information content (AvgIpc) is 2.69. The minimum atomic E-state index is 0.644. The van der Waals surface area contributed by atoms with E-state index in [0.29, 0.717) is 5.69 Å². The van der Waals surface area contributed by atoms with Crippen LogP contribution in [-0.2, 0) is 13.5 Å². The van der Waals surface area contributed by atoms with Crippen molar-refractivity contribution in [2.75, 3.05) is 17.6 Å². The summed E-state index contributed by atoms with van der Waals surface area (Å²) in [5.41, 5.74) is 8.57. The Balaban J connectivity index is 1.94. The van der Waals surface area contributed by atoms with E-state index < -0.39 is 0 Å². The quantitative estimate of drug-likeness (QED) is 0.903. The molecule has 0 bridgehead atoms. The van der Waals surface area contributed by atoms with Gasteiger partial charge in [0.25, 0.3) is 0 Å². The van der Waals surface area contributed by atoms with Crippen molar-refractivity contribution < 1.29 is 0 Å². The third kappa shape index (κ3) is 2.97. The number of hydrogen-bond acceptors (Lipinski definition) is 4. The molecule has 0 spiro atoms. The molecule has 0 aromatic carbocycles. The van der Waals surface area contributed by atoms with Gasteiger partial charge in [0.2, 0.25) is 0 Å². The summed E-state index contributed by atoms with van der Waals surface area (Å²) >= 11 is 3.42. The van der Waals surface area contributed by atoms with E-state index in [1.807, 2.05) is 19.4 Å². The van der Waals surface area contributed by atoms with Gasteiger partial charge in [-0.1, -0.05) is 0 Å². The first-order valence-electron chi connectivity index (χ1n) is 5.27. The van der Waals surface area contributed by atoms with Gasteiger partial charge in [-0.05, 0) is 27.9 Å². The lowest BCUT2D eigenvalue weighted by molar-refractivity contribution is 0.767. The number of nitrogen functional groups attached to an aromatic ring is 1. The van der Waals surface area contributed by atoms with Gasteiger partial charge in [-0.3, -0.25) is 9.67 Å². The van der Waals surface area contributed by atoms with Gasteiger partial charge in [0.05, 0.1) is 28.2 Å². The number of rotatable bonds is 4. The van der Waals surface area contributed by atoms with Crippen LogP contribution in [0.25, 0.3) is 0 Å². The highest BCUT2D eigenvalue weighted by atomic mass is 79.9. The molecule has 0 unspecified atom stereocenters. The van der Waals surface area contributed by atoms with Crippen LogP contribution in [0.3, 0.4) is 0 Å². The molecule has 0 amide bonds. The zero-order valence-electron chi connectivity index (χ0n) is 9.52. The molecule has 0 aliphatic heterocycles. The van der Waals surface area contributed by atoms with Gasteiger partial charge in [0.15, 0.2) is 0 Å². The Morgan fingerprint density at radius 3 is 2.88 bits per heavy atom. The maximum atomic E-state index is 5.83. The monoisotopic (exact) mass is 295 g/mol. The minimum Gasteiger partial charge on any atom is -0.396 e. The van der Waals surface area contributed by atoms with Gasteiger partial charge in [-0.25, -0.2) is 0 Å². The van der Waals surface area contributed by atoms with Gasteiger partial charge in [0.1, 0.15) is 0 Å². The fraction of sp³-hybridized carbons (Fsp3) is 0.273. The lowest BCUT2D eigenvalue weighted by Crippen LogP contribution is -2.07. The van der Waals surface area contributed by atoms with Crippen molar-refractivity contribution in [1.29, 1.82) is 0 Å². The van der Waals surface area contributed by atoms with Crippen LogP contribution in [0.1, 0.15) is 5.56 Å². The summed E-state index contributed by atoms with van der Waals surface area (Å²) in [5, 5.41) is 7.41. The molecule has 0 atom stereocenters. The number of anilines is 2. The van der Waals surface area contributed by atoms with Gasteiger partial charge < -0.3 is 11.1 Å². The lowest BCUT2D eigenvalue weighted by atomic mass is 10.2. The summed E-state index contributed by atoms with van der Waals surface area (Å²) in [7, 11) is 1.91. The Morgan fingerprint density at radius 1 is 1.41 bits per heavy atom. The third-order valence-electron chi connectivity index (χ3n) is 2.40. The summed E-state index contributed by atoms with van der Waals surface area (Å²) in [6.07, 6.45) is 8.14. The summed E-state index contributed by atoms with van der Waals surface area (Å²) in [5.74, 6) is 0. The highest BCUT2D eigenvalue weighted by Crippen LogP contribution is 2.26. The molecule has 0 aliphatic rings. The Bertz CT molecular complexity index is 488. The number of nitrogens with two attached hydrogens (primary N) is 1. The smallest absolute Gasteiger partial charge is 0.0750 e. The average molecular weight is 296 g/mol. The standard InChI is InChI=1S/C11H14BrN5/c1-17-7-8(4-16-17)2-3-15-11-9(12)5-14-6-10(11)13/h4-7H,2-3,13H2,1H3,(H,14,15). The molecule has 5 nitrogen and oxygen atoms in total. The number of nitrogens with one attached hydrogen (secondary N) is 1. The molecule has 2 aromatic rings. The summed E-state index contributed by atoms with van der Waals surface area (Å²) < 4.78 is 2.68. The summed E-state index contributed by atoms with van der Waals surface area (Å²) in [4.78, 5) is 3.99. The van der Waals surface area contributed by atoms with Crippen LogP contribution in [0.15, 0.2) is 29.3 Å². The van der Waals surface area contributed by atoms with E-state index in [4.69, 9.17) is 5.73 Å². The number of aryl methyl sites for hydroxylation is 1. The number of nitrogens with zero attached hydrogens (tertiary/aromatic N) is 3. The van der Waals surface area contributed by atoms with Crippen LogP contribution in [0.4, 0.5) is 11.4 Å². The zero-order chi connectivity index (χ0) is 12.3. The zero-order valence-corrected chi connectivity index (χ0v) is 11.1. The summed E-state index contributed by atoms with van der Waals surface area (Å²) in [6.45, 7) is 0.804. The molecule has 2 rings (SSSR count). The van der Waals surface area contributed by atoms with Gasteiger partial charge in [0, 0.05) is 26.0 Å². The molecule has 2 aromatic heterocycles. The highest BCUT2D eigenvalue weighted by Gasteiger charge is 2.04. The van der Waals surface area contributed by atoms with E-state index in [1.165, 1.54) is 5.56 Å². The Labute approximate surface area is 108 Å². The fourth-order valence-electron chi connectivity index (χ4n) is 1.57. The minimum absolute atomic E-state index is 0.644. The van der Waals surface area contributed by atoms with Crippen molar-refractivity contribution in [2.45, 2.75) is 6.42 Å². The van der Waals surface area contributed by atoms with Crippen molar-refractivity contribution in [2.24, 2.45) is 7.05 Å². The lowest BCUT2D eigenvalue weighted by Gasteiger charge is -2.09. The first-order chi connectivity index (χ1) is 8.16. The maximum Gasteiger partial charge on any atom is 0.0750 e. The predicted molar refractivity (Wildman–Crippen MR) is 71.8 cm³/mol. The molecule has 2 heterocycles. The van der Waals surface area contributed by atoms with Crippen LogP contribution < -0.4 is 11.1 Å². The van der Waals surface area contributed by atoms with Crippen LogP contribution in [0.5, 0.6) is 0 Å². The van der Waals surface area contributed by atoms with Gasteiger partial charge in [-0.2, -0.15) is 5.10 Å². The van der Waals surface area contributed by atoms with E-state index in [-0.39, 0.29) is 0 Å². The summed E-state index contributed by atoms with van der Waals surface area (Å²) in [6, 6.07) is 0. The Kier molecular flexibility index (Phi) is 3.63. The van der Waals surface area contributed by atoms with Crippen LogP contribution in [0.2, 0.25) is 0 Å². The maximum absolute atomic E-state index is 5.83. The van der Waals surface area contributed by atoms with Crippen molar-refractivity contribution in [3.63, 3.8) is 0 Å². The fourth-order valence-corrected chi connectivity index (χ4v) is 2.06. The molecular weight excluding hydrogens is 282 g/mol. The molecule has 90 valence electrons. The molecule has 17 heavy (non-hydrogen) atoms. The van der Waals surface area contributed by atoms with Crippen molar-refractivity contribution in [3.8, 4) is 0 Å². The molecule has 0 radical (unpaired) electrons. The van der Waals surface area contributed by atoms with E-state index in [2.05, 4.69) is 31.3 Å². The number of halogens is 1. The Morgan fingerprint density at radius 2 is 2.24 bits per heavy atom. The van der Waals surface area contributed by atoms with Gasteiger partial charge >= 0.3 is 0 Å². The van der Waals surface area contributed by atoms with Crippen molar-refractivity contribution >= 4 is 27.3 Å². The van der Waals surface area contributed by atoms with E-state index in [1.54, 1.807) is 17.1 Å². The molecule has 3 N–H and O–H groups in total. The molecule has 6 heteroatoms. The second-order valence-electron chi connectivity index (χ2n) is 3.78. The van der Waals surface area contributed by atoms with E-state index in [0.717, 1.165) is 23.1 Å². The molecule has 0 fully saturated rings. The van der Waals surface area contributed by atoms with Crippen LogP contribution in [0, 0.1) is 0 Å². The first-order valence-corrected chi connectivity index (χ1v) is 6.06. The number of aromatic nitrogens is 3. The number of hydrogen-bond donors (Lipinski definition) is 2. The SMILES string of the molecule is Cn1cc(CCNc2c(N)cncc2Br)cn1.